The van der Waals surface area contributed by atoms with Crippen LogP contribution in [0.3, 0.4) is 0 Å². The van der Waals surface area contributed by atoms with Gasteiger partial charge in [0.2, 0.25) is 5.91 Å². The predicted molar refractivity (Wildman–Crippen MR) is 122 cm³/mol. The molecule has 0 spiro atoms. The summed E-state index contributed by atoms with van der Waals surface area (Å²) in [4.78, 5) is 28.7. The topological polar surface area (TPSA) is 87.9 Å². The van der Waals surface area contributed by atoms with Crippen molar-refractivity contribution in [3.8, 4) is 5.75 Å². The molecule has 9 heteroatoms. The van der Waals surface area contributed by atoms with Gasteiger partial charge in [0, 0.05) is 50.2 Å². The molecule has 1 aliphatic heterocycles. The molecule has 3 rings (SSSR count). The van der Waals surface area contributed by atoms with Crippen molar-refractivity contribution < 1.29 is 18.7 Å². The van der Waals surface area contributed by atoms with Crippen molar-refractivity contribution in [1.82, 2.24) is 9.80 Å². The van der Waals surface area contributed by atoms with Gasteiger partial charge in [0.05, 0.1) is 5.69 Å². The minimum absolute atomic E-state index is 0.00856. The van der Waals surface area contributed by atoms with E-state index in [1.165, 1.54) is 12.1 Å². The number of ether oxygens (including phenoxy) is 1. The fourth-order valence-electron chi connectivity index (χ4n) is 3.69. The number of carbonyl (C=O) groups excluding carboxylic acids is 2. The highest BCUT2D eigenvalue weighted by molar-refractivity contribution is 6.31. The van der Waals surface area contributed by atoms with Gasteiger partial charge in [-0.05, 0) is 42.8 Å². The SMILES string of the molecule is C[C@@H]1CN(Cc2ccc(F)cc2)CCN1C(=O)COc1ccc(Cl)cc1NC(=O)CCN. The molecule has 1 atom stereocenters. The molecule has 7 nitrogen and oxygen atoms in total. The van der Waals surface area contributed by atoms with E-state index in [0.717, 1.165) is 12.1 Å². The van der Waals surface area contributed by atoms with E-state index in [4.69, 9.17) is 22.1 Å². The van der Waals surface area contributed by atoms with E-state index in [1.807, 2.05) is 6.92 Å². The first-order valence-corrected chi connectivity index (χ1v) is 10.9. The van der Waals surface area contributed by atoms with E-state index >= 15 is 0 Å². The van der Waals surface area contributed by atoms with Gasteiger partial charge in [0.25, 0.3) is 5.91 Å². The lowest BCUT2D eigenvalue weighted by molar-refractivity contribution is -0.138. The third-order valence-corrected chi connectivity index (χ3v) is 5.52. The third-order valence-electron chi connectivity index (χ3n) is 5.29. The Morgan fingerprint density at radius 2 is 1.97 bits per heavy atom. The van der Waals surface area contributed by atoms with Crippen molar-refractivity contribution >= 4 is 29.1 Å². The van der Waals surface area contributed by atoms with Gasteiger partial charge in [-0.1, -0.05) is 23.7 Å². The number of halogens is 2. The molecular formula is C23H28ClFN4O3. The summed E-state index contributed by atoms with van der Waals surface area (Å²) in [6, 6.07) is 11.3. The molecule has 1 heterocycles. The third kappa shape index (κ3) is 6.66. The van der Waals surface area contributed by atoms with Gasteiger partial charge in [-0.15, -0.1) is 0 Å². The van der Waals surface area contributed by atoms with Crippen LogP contribution in [0.1, 0.15) is 18.9 Å². The van der Waals surface area contributed by atoms with Gasteiger partial charge in [0.1, 0.15) is 11.6 Å². The van der Waals surface area contributed by atoms with Crippen LogP contribution in [-0.2, 0) is 16.1 Å². The number of anilines is 1. The summed E-state index contributed by atoms with van der Waals surface area (Å²) in [6.07, 6.45) is 0.171. The number of benzene rings is 2. The smallest absolute Gasteiger partial charge is 0.260 e. The Bertz CT molecular complexity index is 941. The summed E-state index contributed by atoms with van der Waals surface area (Å²) in [5.41, 5.74) is 6.86. The molecule has 0 unspecified atom stereocenters. The van der Waals surface area contributed by atoms with Gasteiger partial charge >= 0.3 is 0 Å². The minimum atomic E-state index is -0.253. The molecular weight excluding hydrogens is 435 g/mol. The lowest BCUT2D eigenvalue weighted by Gasteiger charge is -2.39. The van der Waals surface area contributed by atoms with Crippen LogP contribution in [0.2, 0.25) is 5.02 Å². The summed E-state index contributed by atoms with van der Waals surface area (Å²) in [7, 11) is 0. The molecule has 32 heavy (non-hydrogen) atoms. The summed E-state index contributed by atoms with van der Waals surface area (Å²) in [5, 5.41) is 3.16. The highest BCUT2D eigenvalue weighted by Gasteiger charge is 2.27. The number of hydrogen-bond acceptors (Lipinski definition) is 5. The summed E-state index contributed by atoms with van der Waals surface area (Å²) < 4.78 is 18.8. The molecule has 0 radical (unpaired) electrons. The zero-order valence-corrected chi connectivity index (χ0v) is 18.8. The van der Waals surface area contributed by atoms with Crippen LogP contribution in [0.15, 0.2) is 42.5 Å². The Labute approximate surface area is 192 Å². The van der Waals surface area contributed by atoms with E-state index in [-0.39, 0.29) is 43.2 Å². The molecule has 1 saturated heterocycles. The van der Waals surface area contributed by atoms with Crippen molar-refractivity contribution in [1.29, 1.82) is 0 Å². The largest absolute Gasteiger partial charge is 0.482 e. The Hall–Kier alpha value is -2.68. The fourth-order valence-corrected chi connectivity index (χ4v) is 3.86. The maximum absolute atomic E-state index is 13.1. The molecule has 2 aromatic carbocycles. The molecule has 1 aliphatic rings. The quantitative estimate of drug-likeness (QED) is 0.629. The maximum Gasteiger partial charge on any atom is 0.260 e. The van der Waals surface area contributed by atoms with Crippen LogP contribution in [0.5, 0.6) is 5.75 Å². The van der Waals surface area contributed by atoms with Crippen molar-refractivity contribution in [3.63, 3.8) is 0 Å². The van der Waals surface area contributed by atoms with E-state index < -0.39 is 0 Å². The summed E-state index contributed by atoms with van der Waals surface area (Å²) >= 11 is 6.03. The first-order chi connectivity index (χ1) is 15.4. The monoisotopic (exact) mass is 462 g/mol. The minimum Gasteiger partial charge on any atom is -0.482 e. The normalized spacial score (nSPS) is 16.6. The molecule has 172 valence electrons. The van der Waals surface area contributed by atoms with Crippen LogP contribution >= 0.6 is 11.6 Å². The number of amides is 2. The highest BCUT2D eigenvalue weighted by Crippen LogP contribution is 2.28. The zero-order valence-electron chi connectivity index (χ0n) is 18.0. The number of nitrogens with two attached hydrogens (primary N) is 1. The molecule has 0 aromatic heterocycles. The number of carbonyl (C=O) groups is 2. The standard InChI is InChI=1S/C23H28ClFN4O3/c1-16-13-28(14-17-2-5-19(25)6-3-17)10-11-29(16)23(31)15-32-21-7-4-18(24)12-20(21)27-22(30)8-9-26/h2-7,12,16H,8-11,13-15,26H2,1H3,(H,27,30)/t16-/m1/s1. The lowest BCUT2D eigenvalue weighted by Crippen LogP contribution is -2.54. The average molecular weight is 463 g/mol. The van der Waals surface area contributed by atoms with E-state index in [2.05, 4.69) is 10.2 Å². The molecule has 0 bridgehead atoms. The van der Waals surface area contributed by atoms with Crippen LogP contribution in [-0.4, -0.2) is 60.4 Å². The number of rotatable bonds is 8. The van der Waals surface area contributed by atoms with Crippen molar-refractivity contribution in [2.24, 2.45) is 5.73 Å². The van der Waals surface area contributed by atoms with Crippen molar-refractivity contribution in [2.45, 2.75) is 25.9 Å². The van der Waals surface area contributed by atoms with E-state index in [0.29, 0.717) is 36.1 Å². The Morgan fingerprint density at radius 3 is 2.66 bits per heavy atom. The Balaban J connectivity index is 1.54. The average Bonchev–Trinajstić information content (AvgIpc) is 2.75. The first kappa shape index (κ1) is 24.0. The molecule has 2 amide bonds. The van der Waals surface area contributed by atoms with E-state index in [1.54, 1.807) is 35.2 Å². The Kier molecular flexibility index (Phi) is 8.44. The van der Waals surface area contributed by atoms with Crippen molar-refractivity contribution in [2.75, 3.05) is 38.1 Å². The number of nitrogens with one attached hydrogen (secondary N) is 1. The molecule has 3 N–H and O–H groups in total. The van der Waals surface area contributed by atoms with Gasteiger partial charge in [0.15, 0.2) is 6.61 Å². The lowest BCUT2D eigenvalue weighted by atomic mass is 10.1. The van der Waals surface area contributed by atoms with E-state index in [9.17, 15) is 14.0 Å². The van der Waals surface area contributed by atoms with Crippen LogP contribution < -0.4 is 15.8 Å². The van der Waals surface area contributed by atoms with Gasteiger partial charge in [-0.2, -0.15) is 0 Å². The Morgan fingerprint density at radius 1 is 1.22 bits per heavy atom. The fraction of sp³-hybridized carbons (Fsp3) is 0.391. The maximum atomic E-state index is 13.1. The zero-order chi connectivity index (χ0) is 23.1. The van der Waals surface area contributed by atoms with Crippen LogP contribution in [0.25, 0.3) is 0 Å². The summed E-state index contributed by atoms with van der Waals surface area (Å²) in [5.74, 6) is -0.263. The van der Waals surface area contributed by atoms with Crippen molar-refractivity contribution in [3.05, 3.63) is 58.9 Å². The number of nitrogens with zero attached hydrogens (tertiary/aromatic N) is 2. The van der Waals surface area contributed by atoms with Crippen LogP contribution in [0.4, 0.5) is 10.1 Å². The first-order valence-electron chi connectivity index (χ1n) is 10.5. The molecule has 1 fully saturated rings. The second-order valence-corrected chi connectivity index (χ2v) is 8.25. The highest BCUT2D eigenvalue weighted by atomic mass is 35.5. The second kappa shape index (κ2) is 11.3. The number of hydrogen-bond donors (Lipinski definition) is 2. The number of piperazine rings is 1. The van der Waals surface area contributed by atoms with Crippen LogP contribution in [0, 0.1) is 5.82 Å². The second-order valence-electron chi connectivity index (χ2n) is 7.81. The molecule has 2 aromatic rings. The molecule has 0 aliphatic carbocycles. The van der Waals surface area contributed by atoms with Gasteiger partial charge in [-0.25, -0.2) is 4.39 Å². The van der Waals surface area contributed by atoms with Gasteiger partial charge < -0.3 is 20.7 Å². The predicted octanol–water partition coefficient (Wildman–Crippen LogP) is 2.88. The van der Waals surface area contributed by atoms with Gasteiger partial charge in [-0.3, -0.25) is 14.5 Å². The summed E-state index contributed by atoms with van der Waals surface area (Å²) in [6.45, 7) is 4.79. The molecule has 0 saturated carbocycles.